The van der Waals surface area contributed by atoms with Crippen LogP contribution in [0.4, 0.5) is 0 Å². The Bertz CT molecular complexity index is 449. The van der Waals surface area contributed by atoms with Gasteiger partial charge in [-0.1, -0.05) is 0 Å². The highest BCUT2D eigenvalue weighted by molar-refractivity contribution is 7.91. The van der Waals surface area contributed by atoms with E-state index >= 15 is 0 Å². The molecule has 15 heavy (non-hydrogen) atoms. The molecule has 2 rings (SSSR count). The molecule has 1 fully saturated rings. The minimum absolute atomic E-state index is 0.215. The Hall–Kier alpha value is -0.750. The van der Waals surface area contributed by atoms with E-state index < -0.39 is 9.84 Å². The number of aromatic nitrogens is 1. The van der Waals surface area contributed by atoms with Crippen molar-refractivity contribution in [3.8, 4) is 0 Å². The second-order valence-corrected chi connectivity index (χ2v) is 6.85. The lowest BCUT2D eigenvalue weighted by Gasteiger charge is -2.19. The number of thiazole rings is 1. The van der Waals surface area contributed by atoms with Gasteiger partial charge in [0.15, 0.2) is 6.29 Å². The molecule has 0 saturated carbocycles. The van der Waals surface area contributed by atoms with Crippen molar-refractivity contribution in [2.45, 2.75) is 18.8 Å². The molecule has 0 atom stereocenters. The van der Waals surface area contributed by atoms with Crippen LogP contribution in [0, 0.1) is 0 Å². The lowest BCUT2D eigenvalue weighted by Crippen LogP contribution is -2.22. The summed E-state index contributed by atoms with van der Waals surface area (Å²) in [6.07, 6.45) is 1.99. The quantitative estimate of drug-likeness (QED) is 0.735. The number of hydrogen-bond acceptors (Lipinski definition) is 5. The summed E-state index contributed by atoms with van der Waals surface area (Å²) >= 11 is 1.44. The van der Waals surface area contributed by atoms with Crippen molar-refractivity contribution < 1.29 is 13.2 Å². The number of carbonyl (C=O) groups excluding carboxylic acids is 1. The standard InChI is InChI=1S/C9H11NO3S2/c11-5-8-6-14-9(10-8)7-1-3-15(12,13)4-2-7/h5-7H,1-4H2. The van der Waals surface area contributed by atoms with Crippen LogP contribution in [0.1, 0.15) is 34.3 Å². The van der Waals surface area contributed by atoms with Crippen LogP contribution in [0.2, 0.25) is 0 Å². The van der Waals surface area contributed by atoms with Crippen LogP contribution in [-0.4, -0.2) is 31.2 Å². The second kappa shape index (κ2) is 4.02. The van der Waals surface area contributed by atoms with Crippen molar-refractivity contribution in [2.24, 2.45) is 0 Å². The average molecular weight is 245 g/mol. The van der Waals surface area contributed by atoms with Gasteiger partial charge in [0.25, 0.3) is 0 Å². The summed E-state index contributed by atoms with van der Waals surface area (Å²) in [5, 5.41) is 2.61. The number of nitrogens with zero attached hydrogens (tertiary/aromatic N) is 1. The molecule has 4 nitrogen and oxygen atoms in total. The molecule has 0 radical (unpaired) electrons. The highest BCUT2D eigenvalue weighted by Gasteiger charge is 2.26. The summed E-state index contributed by atoms with van der Waals surface area (Å²) in [4.78, 5) is 14.6. The number of sulfone groups is 1. The third-order valence-electron chi connectivity index (χ3n) is 2.56. The van der Waals surface area contributed by atoms with E-state index in [2.05, 4.69) is 4.98 Å². The normalized spacial score (nSPS) is 21.3. The SMILES string of the molecule is O=Cc1csc(C2CCS(=O)(=O)CC2)n1. The maximum atomic E-state index is 11.2. The monoisotopic (exact) mass is 245 g/mol. The fourth-order valence-corrected chi connectivity index (χ4v) is 4.11. The maximum Gasteiger partial charge on any atom is 0.169 e. The third kappa shape index (κ3) is 2.43. The Kier molecular flexibility index (Phi) is 2.88. The second-order valence-electron chi connectivity index (χ2n) is 3.65. The summed E-state index contributed by atoms with van der Waals surface area (Å²) < 4.78 is 22.4. The smallest absolute Gasteiger partial charge is 0.169 e. The minimum atomic E-state index is -2.82. The molecule has 1 aliphatic rings. The molecule has 1 aromatic heterocycles. The predicted molar refractivity (Wildman–Crippen MR) is 58.1 cm³/mol. The summed E-state index contributed by atoms with van der Waals surface area (Å²) in [7, 11) is -2.82. The maximum absolute atomic E-state index is 11.2. The van der Waals surface area contributed by atoms with Gasteiger partial charge in [0.05, 0.1) is 16.5 Å². The largest absolute Gasteiger partial charge is 0.296 e. The fourth-order valence-electron chi connectivity index (χ4n) is 1.68. The number of aldehydes is 1. The number of carbonyl (C=O) groups is 1. The molecule has 0 bridgehead atoms. The lowest BCUT2D eigenvalue weighted by atomic mass is 10.0. The van der Waals surface area contributed by atoms with Crippen molar-refractivity contribution in [1.82, 2.24) is 4.98 Å². The van der Waals surface area contributed by atoms with Gasteiger partial charge >= 0.3 is 0 Å². The molecule has 0 aliphatic carbocycles. The van der Waals surface area contributed by atoms with Crippen molar-refractivity contribution in [2.75, 3.05) is 11.5 Å². The molecule has 1 aromatic rings. The Morgan fingerprint density at radius 2 is 2.07 bits per heavy atom. The summed E-state index contributed by atoms with van der Waals surface area (Å²) in [6.45, 7) is 0. The lowest BCUT2D eigenvalue weighted by molar-refractivity contribution is 0.111. The van der Waals surface area contributed by atoms with E-state index in [4.69, 9.17) is 0 Å². The van der Waals surface area contributed by atoms with Crippen molar-refractivity contribution >= 4 is 27.5 Å². The summed E-state index contributed by atoms with van der Waals surface area (Å²) in [5.74, 6) is 0.702. The van der Waals surface area contributed by atoms with Gasteiger partial charge in [0.1, 0.15) is 15.5 Å². The Morgan fingerprint density at radius 3 is 2.60 bits per heavy atom. The molecular weight excluding hydrogens is 234 g/mol. The van der Waals surface area contributed by atoms with Crippen LogP contribution < -0.4 is 0 Å². The molecular formula is C9H11NO3S2. The molecule has 0 aromatic carbocycles. The fraction of sp³-hybridized carbons (Fsp3) is 0.556. The van der Waals surface area contributed by atoms with Gasteiger partial charge in [-0.15, -0.1) is 11.3 Å². The summed E-state index contributed by atoms with van der Waals surface area (Å²) in [6, 6.07) is 0. The van der Waals surface area contributed by atoms with Crippen LogP contribution in [-0.2, 0) is 9.84 Å². The van der Waals surface area contributed by atoms with E-state index in [1.807, 2.05) is 0 Å². The summed E-state index contributed by atoms with van der Waals surface area (Å²) in [5.41, 5.74) is 0.448. The van der Waals surface area contributed by atoms with Gasteiger partial charge in [-0.25, -0.2) is 13.4 Å². The van der Waals surface area contributed by atoms with E-state index in [1.54, 1.807) is 5.38 Å². The van der Waals surface area contributed by atoms with Gasteiger partial charge < -0.3 is 0 Å². The van der Waals surface area contributed by atoms with E-state index in [1.165, 1.54) is 11.3 Å². The van der Waals surface area contributed by atoms with E-state index in [0.29, 0.717) is 18.5 Å². The molecule has 0 N–H and O–H groups in total. The predicted octanol–water partition coefficient (Wildman–Crippen LogP) is 1.25. The van der Waals surface area contributed by atoms with Crippen LogP contribution in [0.3, 0.4) is 0 Å². The van der Waals surface area contributed by atoms with E-state index in [0.717, 1.165) is 11.3 Å². The molecule has 0 amide bonds. The topological polar surface area (TPSA) is 64.1 Å². The van der Waals surface area contributed by atoms with Gasteiger partial charge in [-0.05, 0) is 12.8 Å². The minimum Gasteiger partial charge on any atom is -0.296 e. The highest BCUT2D eigenvalue weighted by Crippen LogP contribution is 2.30. The first-order chi connectivity index (χ1) is 7.11. The molecule has 0 spiro atoms. The zero-order chi connectivity index (χ0) is 10.9. The van der Waals surface area contributed by atoms with Crippen LogP contribution in [0.15, 0.2) is 5.38 Å². The first-order valence-corrected chi connectivity index (χ1v) is 7.42. The van der Waals surface area contributed by atoms with Gasteiger partial charge in [-0.2, -0.15) is 0 Å². The van der Waals surface area contributed by atoms with Crippen LogP contribution in [0.25, 0.3) is 0 Å². The van der Waals surface area contributed by atoms with Crippen molar-refractivity contribution in [3.05, 3.63) is 16.1 Å². The first kappa shape index (κ1) is 10.8. The van der Waals surface area contributed by atoms with Gasteiger partial charge in [0.2, 0.25) is 0 Å². The molecule has 6 heteroatoms. The zero-order valence-corrected chi connectivity index (χ0v) is 9.68. The number of hydrogen-bond donors (Lipinski definition) is 0. The molecule has 2 heterocycles. The van der Waals surface area contributed by atoms with E-state index in [9.17, 15) is 13.2 Å². The van der Waals surface area contributed by atoms with Crippen molar-refractivity contribution in [1.29, 1.82) is 0 Å². The van der Waals surface area contributed by atoms with Crippen molar-refractivity contribution in [3.63, 3.8) is 0 Å². The first-order valence-electron chi connectivity index (χ1n) is 4.72. The Balaban J connectivity index is 2.10. The molecule has 0 unspecified atom stereocenters. The van der Waals surface area contributed by atoms with Crippen LogP contribution >= 0.6 is 11.3 Å². The molecule has 1 aliphatic heterocycles. The number of rotatable bonds is 2. The molecule has 1 saturated heterocycles. The van der Waals surface area contributed by atoms with Gasteiger partial charge in [0, 0.05) is 11.3 Å². The van der Waals surface area contributed by atoms with Crippen LogP contribution in [0.5, 0.6) is 0 Å². The third-order valence-corrected chi connectivity index (χ3v) is 5.31. The zero-order valence-electron chi connectivity index (χ0n) is 8.05. The molecule has 82 valence electrons. The Labute approximate surface area is 92.3 Å². The average Bonchev–Trinajstić information content (AvgIpc) is 2.66. The van der Waals surface area contributed by atoms with E-state index in [-0.39, 0.29) is 17.4 Å². The van der Waals surface area contributed by atoms with Gasteiger partial charge in [-0.3, -0.25) is 4.79 Å². The highest BCUT2D eigenvalue weighted by atomic mass is 32.2. The Morgan fingerprint density at radius 1 is 1.40 bits per heavy atom.